The van der Waals surface area contributed by atoms with Crippen LogP contribution in [0.15, 0.2) is 52.3 Å². The molecule has 0 saturated carbocycles. The second-order valence-corrected chi connectivity index (χ2v) is 11.1. The standard InChI is InChI=1S/C26H37FN6O2S.C2H6.C2H4.H2S/c1-8-28-25(16(4)17(5)29-22-11-10-19(14-21(22)27)35-36-32(6)7)33-18-9-12-23(33)20(13-18)26-30-24(15(2)3)31-34-26;2*1-2;/h8,10-11,14-15,17-18,20,23,29H,9,12-13H2,1-7H3;1-2H3;1-2H2;1H2/b25-16+,28-8-;;;. The highest BCUT2D eigenvalue weighted by atomic mass is 32.2. The van der Waals surface area contributed by atoms with Crippen molar-refractivity contribution in [3.05, 3.63) is 60.3 Å². The van der Waals surface area contributed by atoms with Crippen molar-refractivity contribution >= 4 is 37.6 Å². The van der Waals surface area contributed by atoms with Crippen LogP contribution in [0.5, 0.6) is 5.75 Å². The van der Waals surface area contributed by atoms with Gasteiger partial charge < -0.3 is 18.9 Å². The quantitative estimate of drug-likeness (QED) is 0.126. The Morgan fingerprint density at radius 1 is 1.27 bits per heavy atom. The van der Waals surface area contributed by atoms with Crippen LogP contribution in [0.25, 0.3) is 0 Å². The van der Waals surface area contributed by atoms with Crippen molar-refractivity contribution in [1.82, 2.24) is 19.3 Å². The van der Waals surface area contributed by atoms with Crippen molar-refractivity contribution in [3.63, 3.8) is 0 Å². The molecule has 2 saturated heterocycles. The number of hydrogen-bond donors (Lipinski definition) is 1. The van der Waals surface area contributed by atoms with Crippen molar-refractivity contribution < 1.29 is 13.1 Å². The Morgan fingerprint density at radius 2 is 1.95 bits per heavy atom. The summed E-state index contributed by atoms with van der Waals surface area (Å²) in [7, 11) is 3.73. The molecule has 2 aromatic rings. The van der Waals surface area contributed by atoms with Gasteiger partial charge >= 0.3 is 0 Å². The lowest BCUT2D eigenvalue weighted by atomic mass is 9.89. The molecule has 2 aliphatic heterocycles. The van der Waals surface area contributed by atoms with Crippen LogP contribution < -0.4 is 9.50 Å². The molecule has 4 unspecified atom stereocenters. The van der Waals surface area contributed by atoms with Crippen LogP contribution in [0, 0.1) is 5.82 Å². The molecule has 11 heteroatoms. The van der Waals surface area contributed by atoms with Gasteiger partial charge in [0.25, 0.3) is 0 Å². The topological polar surface area (TPSA) is 79.0 Å². The van der Waals surface area contributed by atoms with Gasteiger partial charge in [-0.1, -0.05) is 32.9 Å². The van der Waals surface area contributed by atoms with E-state index in [4.69, 9.17) is 18.7 Å². The number of hydrogen-bond acceptors (Lipinski definition) is 9. The molecule has 230 valence electrons. The normalized spacial score (nSPS) is 20.6. The van der Waals surface area contributed by atoms with Crippen molar-refractivity contribution in [1.29, 1.82) is 0 Å². The average Bonchev–Trinajstić information content (AvgIpc) is 3.69. The summed E-state index contributed by atoms with van der Waals surface area (Å²) in [5.41, 5.74) is 1.49. The molecule has 2 fully saturated rings. The summed E-state index contributed by atoms with van der Waals surface area (Å²) in [6, 6.07) is 5.38. The molecule has 0 aliphatic carbocycles. The molecule has 1 N–H and O–H groups in total. The molecule has 1 aromatic heterocycles. The van der Waals surface area contributed by atoms with E-state index in [2.05, 4.69) is 49.3 Å². The lowest BCUT2D eigenvalue weighted by Gasteiger charge is -2.29. The number of aliphatic imine (C=N–C) groups is 1. The molecule has 2 aliphatic rings. The number of fused-ring (bicyclic) bond motifs is 2. The first kappa shape index (κ1) is 36.5. The van der Waals surface area contributed by atoms with Gasteiger partial charge in [-0.2, -0.15) is 18.5 Å². The van der Waals surface area contributed by atoms with Gasteiger partial charge in [-0.25, -0.2) is 13.7 Å². The predicted molar refractivity (Wildman–Crippen MR) is 176 cm³/mol. The summed E-state index contributed by atoms with van der Waals surface area (Å²) in [5, 5.41) is 7.52. The van der Waals surface area contributed by atoms with Gasteiger partial charge in [0, 0.05) is 50.4 Å². The average molecular weight is 609 g/mol. The van der Waals surface area contributed by atoms with Gasteiger partial charge in [-0.05, 0) is 57.7 Å². The number of halogens is 1. The fraction of sp³-hybridized carbons (Fsp3) is 0.567. The minimum Gasteiger partial charge on any atom is -0.409 e. The third-order valence-electron chi connectivity index (χ3n) is 6.92. The van der Waals surface area contributed by atoms with Crippen LogP contribution in [-0.2, 0) is 0 Å². The zero-order chi connectivity index (χ0) is 30.0. The van der Waals surface area contributed by atoms with E-state index in [9.17, 15) is 4.39 Å². The fourth-order valence-corrected chi connectivity index (χ4v) is 5.37. The Labute approximate surface area is 257 Å². The Morgan fingerprint density at radius 3 is 2.51 bits per heavy atom. The molecule has 4 atom stereocenters. The number of nitrogens with one attached hydrogen (secondary N) is 1. The molecule has 3 heterocycles. The zero-order valence-electron chi connectivity index (χ0n) is 26.1. The third-order valence-corrected chi connectivity index (χ3v) is 7.49. The van der Waals surface area contributed by atoms with Crippen molar-refractivity contribution in [2.45, 2.75) is 97.7 Å². The van der Waals surface area contributed by atoms with E-state index in [0.29, 0.717) is 17.5 Å². The first-order chi connectivity index (χ1) is 19.2. The number of nitrogens with zero attached hydrogens (tertiary/aromatic N) is 5. The Kier molecular flexibility index (Phi) is 15.5. The number of aromatic nitrogens is 2. The van der Waals surface area contributed by atoms with Crippen LogP contribution in [0.4, 0.5) is 10.1 Å². The summed E-state index contributed by atoms with van der Waals surface area (Å²) >= 11 is 1.15. The Hall–Kier alpha value is -2.50. The molecular weight excluding hydrogens is 560 g/mol. The fourth-order valence-electron chi connectivity index (χ4n) is 5.03. The molecule has 1 aromatic carbocycles. The highest BCUT2D eigenvalue weighted by molar-refractivity contribution is 7.92. The maximum atomic E-state index is 14.8. The van der Waals surface area contributed by atoms with E-state index in [0.717, 1.165) is 54.6 Å². The summed E-state index contributed by atoms with van der Waals surface area (Å²) < 4.78 is 27.8. The summed E-state index contributed by atoms with van der Waals surface area (Å²) in [6.45, 7) is 20.2. The summed E-state index contributed by atoms with van der Waals surface area (Å²) in [6.07, 6.45) is 4.99. The van der Waals surface area contributed by atoms with Crippen molar-refractivity contribution in [2.24, 2.45) is 4.99 Å². The van der Waals surface area contributed by atoms with E-state index in [1.165, 1.54) is 6.07 Å². The summed E-state index contributed by atoms with van der Waals surface area (Å²) in [4.78, 5) is 11.9. The van der Waals surface area contributed by atoms with Crippen molar-refractivity contribution in [2.75, 3.05) is 19.4 Å². The minimum atomic E-state index is -0.356. The first-order valence-electron chi connectivity index (χ1n) is 14.1. The number of benzene rings is 1. The smallest absolute Gasteiger partial charge is 0.231 e. The third kappa shape index (κ3) is 8.99. The second kappa shape index (κ2) is 17.5. The van der Waals surface area contributed by atoms with Crippen LogP contribution in [0.2, 0.25) is 0 Å². The number of rotatable bonds is 10. The van der Waals surface area contributed by atoms with Crippen LogP contribution >= 0.6 is 25.7 Å². The minimum absolute atomic E-state index is 0. The largest absolute Gasteiger partial charge is 0.409 e. The second-order valence-electron chi connectivity index (χ2n) is 10.1. The van der Waals surface area contributed by atoms with E-state index >= 15 is 0 Å². The zero-order valence-corrected chi connectivity index (χ0v) is 27.9. The molecule has 0 radical (unpaired) electrons. The molecule has 41 heavy (non-hydrogen) atoms. The predicted octanol–water partition coefficient (Wildman–Crippen LogP) is 7.92. The van der Waals surface area contributed by atoms with Crippen LogP contribution in [0.1, 0.15) is 91.3 Å². The Balaban J connectivity index is 0.00000161. The summed E-state index contributed by atoms with van der Waals surface area (Å²) in [5.74, 6) is 2.98. The monoisotopic (exact) mass is 608 g/mol. The van der Waals surface area contributed by atoms with Gasteiger partial charge in [0.2, 0.25) is 5.89 Å². The maximum Gasteiger partial charge on any atom is 0.231 e. The SMILES string of the molecule is C/C=N\C(=C(\C)C(C)Nc1ccc(OSN(C)C)cc1F)N1C2CCC1C(c1nc(C(C)C)no1)C2.C=C.CC.S. The first-order valence-corrected chi connectivity index (χ1v) is 14.8. The van der Waals surface area contributed by atoms with Gasteiger partial charge in [-0.15, -0.1) is 13.2 Å². The molecule has 0 amide bonds. The van der Waals surface area contributed by atoms with Gasteiger partial charge in [0.15, 0.2) is 5.82 Å². The van der Waals surface area contributed by atoms with Crippen LogP contribution in [-0.4, -0.2) is 57.8 Å². The van der Waals surface area contributed by atoms with Gasteiger partial charge in [0.1, 0.15) is 29.6 Å². The molecular formula is C30H49FN6O2S2. The van der Waals surface area contributed by atoms with Gasteiger partial charge in [-0.3, -0.25) is 0 Å². The lowest BCUT2D eigenvalue weighted by molar-refractivity contribution is 0.285. The van der Waals surface area contributed by atoms with E-state index < -0.39 is 0 Å². The molecule has 8 nitrogen and oxygen atoms in total. The van der Waals surface area contributed by atoms with E-state index in [-0.39, 0.29) is 43.2 Å². The maximum absolute atomic E-state index is 14.8. The van der Waals surface area contributed by atoms with Crippen LogP contribution in [0.3, 0.4) is 0 Å². The van der Waals surface area contributed by atoms with E-state index in [1.54, 1.807) is 16.4 Å². The van der Waals surface area contributed by atoms with Crippen molar-refractivity contribution in [3.8, 4) is 5.75 Å². The Bertz CT molecular complexity index is 1140. The molecule has 4 rings (SSSR count). The highest BCUT2D eigenvalue weighted by Crippen LogP contribution is 2.49. The molecule has 2 bridgehead atoms. The number of anilines is 1. The lowest BCUT2D eigenvalue weighted by Crippen LogP contribution is -2.32. The van der Waals surface area contributed by atoms with E-state index in [1.807, 2.05) is 48.0 Å². The molecule has 0 spiro atoms. The highest BCUT2D eigenvalue weighted by Gasteiger charge is 2.50. The van der Waals surface area contributed by atoms with Gasteiger partial charge in [0.05, 0.1) is 11.6 Å².